The normalized spacial score (nSPS) is 11.9. The molecule has 2 aromatic rings. The molecule has 5 heteroatoms. The molecule has 1 atom stereocenters. The summed E-state index contributed by atoms with van der Waals surface area (Å²) >= 11 is 0. The Morgan fingerprint density at radius 1 is 1.13 bits per heavy atom. The Kier molecular flexibility index (Phi) is 6.11. The van der Waals surface area contributed by atoms with E-state index in [4.69, 9.17) is 4.74 Å². The number of esters is 1. The van der Waals surface area contributed by atoms with Crippen molar-refractivity contribution in [2.45, 2.75) is 25.9 Å². The van der Waals surface area contributed by atoms with Gasteiger partial charge in [0, 0.05) is 6.54 Å². The van der Waals surface area contributed by atoms with Crippen LogP contribution in [0.3, 0.4) is 0 Å². The third-order valence-electron chi connectivity index (χ3n) is 3.41. The van der Waals surface area contributed by atoms with E-state index >= 15 is 0 Å². The summed E-state index contributed by atoms with van der Waals surface area (Å²) in [5, 5.41) is 12.5. The first-order valence-corrected chi connectivity index (χ1v) is 7.51. The standard InChI is InChI=1S/C18H20FNO3/c1-2-23-18(22)17(11-13-5-9-16(21)10-6-13)20-12-14-3-7-15(19)8-4-14/h3-10,17,20-21H,2,11-12H2,1H3. The summed E-state index contributed by atoms with van der Waals surface area (Å²) in [5.74, 6) is -0.442. The smallest absolute Gasteiger partial charge is 0.323 e. The van der Waals surface area contributed by atoms with Gasteiger partial charge in [0.1, 0.15) is 17.6 Å². The van der Waals surface area contributed by atoms with Crippen LogP contribution in [0.4, 0.5) is 4.39 Å². The van der Waals surface area contributed by atoms with Gasteiger partial charge in [0.25, 0.3) is 0 Å². The minimum absolute atomic E-state index is 0.181. The second-order valence-corrected chi connectivity index (χ2v) is 5.18. The molecule has 1 unspecified atom stereocenters. The van der Waals surface area contributed by atoms with E-state index < -0.39 is 6.04 Å². The number of ether oxygens (including phenoxy) is 1. The van der Waals surface area contributed by atoms with Crippen LogP contribution < -0.4 is 5.32 Å². The number of carbonyl (C=O) groups is 1. The number of phenols is 1. The number of phenolic OH excluding ortho intramolecular Hbond substituents is 1. The molecule has 0 aliphatic heterocycles. The maximum absolute atomic E-state index is 12.9. The minimum atomic E-state index is -0.510. The molecule has 0 aliphatic rings. The highest BCUT2D eigenvalue weighted by Gasteiger charge is 2.19. The van der Waals surface area contributed by atoms with E-state index in [1.165, 1.54) is 12.1 Å². The van der Waals surface area contributed by atoms with E-state index in [2.05, 4.69) is 5.32 Å². The van der Waals surface area contributed by atoms with Crippen LogP contribution in [0.2, 0.25) is 0 Å². The second kappa shape index (κ2) is 8.29. The monoisotopic (exact) mass is 317 g/mol. The van der Waals surface area contributed by atoms with E-state index in [1.807, 2.05) is 0 Å². The van der Waals surface area contributed by atoms with Crippen molar-refractivity contribution in [2.75, 3.05) is 6.61 Å². The van der Waals surface area contributed by atoms with Crippen molar-refractivity contribution in [1.29, 1.82) is 0 Å². The summed E-state index contributed by atoms with van der Waals surface area (Å²) in [6.07, 6.45) is 0.445. The summed E-state index contributed by atoms with van der Waals surface area (Å²) in [7, 11) is 0. The molecule has 0 spiro atoms. The Bertz CT molecular complexity index is 626. The Labute approximate surface area is 134 Å². The molecule has 0 bridgehead atoms. The molecule has 0 aromatic heterocycles. The van der Waals surface area contributed by atoms with Crippen LogP contribution in [0.1, 0.15) is 18.1 Å². The Morgan fingerprint density at radius 2 is 1.74 bits per heavy atom. The highest BCUT2D eigenvalue weighted by molar-refractivity contribution is 5.76. The van der Waals surface area contributed by atoms with E-state index in [1.54, 1.807) is 43.3 Å². The van der Waals surface area contributed by atoms with Crippen molar-refractivity contribution in [1.82, 2.24) is 5.32 Å². The van der Waals surface area contributed by atoms with E-state index in [-0.39, 0.29) is 17.5 Å². The van der Waals surface area contributed by atoms with Gasteiger partial charge in [0.2, 0.25) is 0 Å². The SMILES string of the molecule is CCOC(=O)C(Cc1ccc(O)cc1)NCc1ccc(F)cc1. The average Bonchev–Trinajstić information content (AvgIpc) is 2.55. The summed E-state index contributed by atoms with van der Waals surface area (Å²) < 4.78 is 18.0. The maximum Gasteiger partial charge on any atom is 0.323 e. The first kappa shape index (κ1) is 17.0. The first-order chi connectivity index (χ1) is 11.1. The average molecular weight is 317 g/mol. The van der Waals surface area contributed by atoms with Crippen LogP contribution >= 0.6 is 0 Å². The Morgan fingerprint density at radius 3 is 2.35 bits per heavy atom. The molecule has 2 aromatic carbocycles. The fourth-order valence-electron chi connectivity index (χ4n) is 2.19. The molecular formula is C18H20FNO3. The zero-order valence-corrected chi connectivity index (χ0v) is 13.0. The summed E-state index contributed by atoms with van der Waals surface area (Å²) in [6.45, 7) is 2.50. The van der Waals surface area contributed by atoms with Gasteiger partial charge in [-0.25, -0.2) is 4.39 Å². The number of rotatable bonds is 7. The van der Waals surface area contributed by atoms with Gasteiger partial charge >= 0.3 is 5.97 Å². The molecule has 0 radical (unpaired) electrons. The lowest BCUT2D eigenvalue weighted by Crippen LogP contribution is -2.39. The topological polar surface area (TPSA) is 58.6 Å². The highest BCUT2D eigenvalue weighted by Crippen LogP contribution is 2.12. The van der Waals surface area contributed by atoms with Crippen LogP contribution in [-0.4, -0.2) is 23.7 Å². The van der Waals surface area contributed by atoms with Crippen molar-refractivity contribution in [2.24, 2.45) is 0 Å². The number of hydrogen-bond acceptors (Lipinski definition) is 4. The summed E-state index contributed by atoms with van der Waals surface area (Å²) in [6, 6.07) is 12.3. The predicted octanol–water partition coefficient (Wildman–Crippen LogP) is 2.80. The highest BCUT2D eigenvalue weighted by atomic mass is 19.1. The number of carbonyl (C=O) groups excluding carboxylic acids is 1. The second-order valence-electron chi connectivity index (χ2n) is 5.18. The van der Waals surface area contributed by atoms with E-state index in [0.29, 0.717) is 19.6 Å². The van der Waals surface area contributed by atoms with Gasteiger partial charge in [-0.1, -0.05) is 24.3 Å². The molecule has 23 heavy (non-hydrogen) atoms. The van der Waals surface area contributed by atoms with Gasteiger partial charge in [-0.15, -0.1) is 0 Å². The van der Waals surface area contributed by atoms with E-state index in [9.17, 15) is 14.3 Å². The molecule has 0 aliphatic carbocycles. The number of benzene rings is 2. The van der Waals surface area contributed by atoms with Gasteiger partial charge in [-0.3, -0.25) is 4.79 Å². The van der Waals surface area contributed by atoms with Gasteiger partial charge in [0.05, 0.1) is 6.61 Å². The molecule has 2 N–H and O–H groups in total. The van der Waals surface area contributed by atoms with Crippen LogP contribution in [0, 0.1) is 5.82 Å². The lowest BCUT2D eigenvalue weighted by atomic mass is 10.1. The Hall–Kier alpha value is -2.40. The molecule has 4 nitrogen and oxygen atoms in total. The van der Waals surface area contributed by atoms with Crippen molar-refractivity contribution >= 4 is 5.97 Å². The molecule has 0 saturated carbocycles. The third-order valence-corrected chi connectivity index (χ3v) is 3.41. The number of hydrogen-bond donors (Lipinski definition) is 2. The number of nitrogens with one attached hydrogen (secondary N) is 1. The lowest BCUT2D eigenvalue weighted by molar-refractivity contribution is -0.145. The third kappa shape index (κ3) is 5.38. The zero-order valence-electron chi connectivity index (χ0n) is 13.0. The van der Waals surface area contributed by atoms with Gasteiger partial charge in [0.15, 0.2) is 0 Å². The molecular weight excluding hydrogens is 297 g/mol. The molecule has 0 amide bonds. The Balaban J connectivity index is 2.02. The van der Waals surface area contributed by atoms with Crippen molar-refractivity contribution in [3.63, 3.8) is 0 Å². The fraction of sp³-hybridized carbons (Fsp3) is 0.278. The molecule has 0 heterocycles. The summed E-state index contributed by atoms with van der Waals surface area (Å²) in [5.41, 5.74) is 1.79. The largest absolute Gasteiger partial charge is 0.508 e. The van der Waals surface area contributed by atoms with Crippen LogP contribution in [0.5, 0.6) is 5.75 Å². The maximum atomic E-state index is 12.9. The van der Waals surface area contributed by atoms with Gasteiger partial charge in [-0.05, 0) is 48.7 Å². The number of aromatic hydroxyl groups is 1. The van der Waals surface area contributed by atoms with Crippen LogP contribution in [0.15, 0.2) is 48.5 Å². The van der Waals surface area contributed by atoms with Crippen molar-refractivity contribution in [3.05, 3.63) is 65.5 Å². The molecule has 122 valence electrons. The quantitative estimate of drug-likeness (QED) is 0.771. The van der Waals surface area contributed by atoms with Crippen LogP contribution in [0.25, 0.3) is 0 Å². The molecule has 2 rings (SSSR count). The lowest BCUT2D eigenvalue weighted by Gasteiger charge is -2.17. The first-order valence-electron chi connectivity index (χ1n) is 7.51. The predicted molar refractivity (Wildman–Crippen MR) is 85.5 cm³/mol. The summed E-state index contributed by atoms with van der Waals surface area (Å²) in [4.78, 5) is 12.1. The van der Waals surface area contributed by atoms with Crippen molar-refractivity contribution < 1.29 is 19.0 Å². The minimum Gasteiger partial charge on any atom is -0.508 e. The zero-order chi connectivity index (χ0) is 16.7. The van der Waals surface area contributed by atoms with E-state index in [0.717, 1.165) is 11.1 Å². The molecule has 0 fully saturated rings. The van der Waals surface area contributed by atoms with Gasteiger partial charge in [-0.2, -0.15) is 0 Å². The van der Waals surface area contributed by atoms with Gasteiger partial charge < -0.3 is 15.2 Å². The molecule has 0 saturated heterocycles. The van der Waals surface area contributed by atoms with Crippen molar-refractivity contribution in [3.8, 4) is 5.75 Å². The number of halogens is 1. The fourth-order valence-corrected chi connectivity index (χ4v) is 2.19. The van der Waals surface area contributed by atoms with Crippen LogP contribution in [-0.2, 0) is 22.5 Å².